The summed E-state index contributed by atoms with van der Waals surface area (Å²) < 4.78 is 0. The molecule has 2 rings (SSSR count). The number of benzene rings is 1. The topological polar surface area (TPSA) is 83.6 Å². The standard InChI is InChI=1S/C15H18N2O3/c16-15(20)12-6-3-11(4-7-12)5-8-14(19)17-9-1-2-13(17)10-18/h3-8,13,18H,1-2,9-10H2,(H2,16,20)/t13-/m0/s1. The Morgan fingerprint density at radius 1 is 1.35 bits per heavy atom. The lowest BCUT2D eigenvalue weighted by Gasteiger charge is -2.21. The maximum atomic E-state index is 12.0. The van der Waals surface area contributed by atoms with Gasteiger partial charge in [0.2, 0.25) is 11.8 Å². The van der Waals surface area contributed by atoms with Gasteiger partial charge in [0.1, 0.15) is 0 Å². The molecule has 2 amide bonds. The molecule has 0 radical (unpaired) electrons. The summed E-state index contributed by atoms with van der Waals surface area (Å²) in [5.74, 6) is -0.569. The minimum absolute atomic E-state index is 0.00683. The number of carbonyl (C=O) groups excluding carboxylic acids is 2. The van der Waals surface area contributed by atoms with Gasteiger partial charge < -0.3 is 15.7 Å². The summed E-state index contributed by atoms with van der Waals surface area (Å²) in [7, 11) is 0. The summed E-state index contributed by atoms with van der Waals surface area (Å²) in [6.07, 6.45) is 4.97. The second-order valence-corrected chi connectivity index (χ2v) is 4.83. The van der Waals surface area contributed by atoms with Crippen molar-refractivity contribution < 1.29 is 14.7 Å². The fraction of sp³-hybridized carbons (Fsp3) is 0.333. The summed E-state index contributed by atoms with van der Waals surface area (Å²) in [6, 6.07) is 6.65. The van der Waals surface area contributed by atoms with Gasteiger partial charge in [0, 0.05) is 18.2 Å². The number of carbonyl (C=O) groups is 2. The Morgan fingerprint density at radius 3 is 2.65 bits per heavy atom. The molecule has 1 aromatic rings. The van der Waals surface area contributed by atoms with Crippen LogP contribution in [-0.4, -0.2) is 41.0 Å². The Hall–Kier alpha value is -2.14. The Kier molecular flexibility index (Phi) is 4.53. The molecule has 1 fully saturated rings. The zero-order chi connectivity index (χ0) is 14.5. The minimum Gasteiger partial charge on any atom is -0.394 e. The number of rotatable bonds is 4. The SMILES string of the molecule is NC(=O)c1ccc(C=CC(=O)N2CCC[C@H]2CO)cc1. The van der Waals surface area contributed by atoms with Crippen molar-refractivity contribution in [3.8, 4) is 0 Å². The van der Waals surface area contributed by atoms with Crippen LogP contribution >= 0.6 is 0 Å². The van der Waals surface area contributed by atoms with Gasteiger partial charge >= 0.3 is 0 Å². The van der Waals surface area contributed by atoms with Crippen LogP contribution in [0.5, 0.6) is 0 Å². The van der Waals surface area contributed by atoms with Gasteiger partial charge in [-0.05, 0) is 36.6 Å². The van der Waals surface area contributed by atoms with Gasteiger partial charge in [0.25, 0.3) is 0 Å². The van der Waals surface area contributed by atoms with Crippen LogP contribution in [0.3, 0.4) is 0 Å². The molecule has 0 unspecified atom stereocenters. The van der Waals surface area contributed by atoms with Crippen molar-refractivity contribution in [3.63, 3.8) is 0 Å². The van der Waals surface area contributed by atoms with Crippen LogP contribution in [0.4, 0.5) is 0 Å². The number of nitrogens with two attached hydrogens (primary N) is 1. The number of primary amides is 1. The Morgan fingerprint density at radius 2 is 2.05 bits per heavy atom. The average Bonchev–Trinajstić information content (AvgIpc) is 2.93. The maximum Gasteiger partial charge on any atom is 0.248 e. The highest BCUT2D eigenvalue weighted by molar-refractivity contribution is 5.94. The lowest BCUT2D eigenvalue weighted by molar-refractivity contribution is -0.127. The van der Waals surface area contributed by atoms with Crippen LogP contribution in [0.1, 0.15) is 28.8 Å². The van der Waals surface area contributed by atoms with Crippen LogP contribution in [0.2, 0.25) is 0 Å². The van der Waals surface area contributed by atoms with E-state index in [4.69, 9.17) is 5.73 Å². The molecule has 3 N–H and O–H groups in total. The van der Waals surface area contributed by atoms with E-state index in [1.54, 1.807) is 35.2 Å². The van der Waals surface area contributed by atoms with Crippen molar-refractivity contribution in [1.82, 2.24) is 4.90 Å². The first-order valence-electron chi connectivity index (χ1n) is 6.61. The van der Waals surface area contributed by atoms with Gasteiger partial charge in [-0.1, -0.05) is 12.1 Å². The summed E-state index contributed by atoms with van der Waals surface area (Å²) in [5, 5.41) is 9.19. The number of hydrogen-bond acceptors (Lipinski definition) is 3. The van der Waals surface area contributed by atoms with Gasteiger partial charge in [-0.3, -0.25) is 9.59 Å². The molecule has 5 heteroatoms. The Balaban J connectivity index is 2.01. The molecule has 0 bridgehead atoms. The van der Waals surface area contributed by atoms with Gasteiger partial charge in [0.05, 0.1) is 12.6 Å². The van der Waals surface area contributed by atoms with Crippen LogP contribution in [0.15, 0.2) is 30.3 Å². The van der Waals surface area contributed by atoms with Crippen molar-refractivity contribution in [3.05, 3.63) is 41.5 Å². The van der Waals surface area contributed by atoms with Crippen molar-refractivity contribution in [2.24, 2.45) is 5.73 Å². The molecule has 0 saturated carbocycles. The molecule has 106 valence electrons. The van der Waals surface area contributed by atoms with Crippen LogP contribution in [-0.2, 0) is 4.79 Å². The highest BCUT2D eigenvalue weighted by Gasteiger charge is 2.26. The quantitative estimate of drug-likeness (QED) is 0.796. The minimum atomic E-state index is -0.473. The van der Waals surface area contributed by atoms with E-state index in [0.29, 0.717) is 12.1 Å². The van der Waals surface area contributed by atoms with Crippen LogP contribution in [0, 0.1) is 0 Å². The second kappa shape index (κ2) is 6.34. The largest absolute Gasteiger partial charge is 0.394 e. The summed E-state index contributed by atoms with van der Waals surface area (Å²) >= 11 is 0. The lowest BCUT2D eigenvalue weighted by atomic mass is 10.1. The molecule has 20 heavy (non-hydrogen) atoms. The third-order valence-corrected chi connectivity index (χ3v) is 3.48. The molecule has 5 nitrogen and oxygen atoms in total. The molecule has 1 atom stereocenters. The fourth-order valence-corrected chi connectivity index (χ4v) is 2.34. The van der Waals surface area contributed by atoms with Crippen molar-refractivity contribution >= 4 is 17.9 Å². The normalized spacial score (nSPS) is 18.6. The molecule has 0 spiro atoms. The number of amides is 2. The number of hydrogen-bond donors (Lipinski definition) is 2. The van der Waals surface area contributed by atoms with E-state index in [1.165, 1.54) is 6.08 Å². The van der Waals surface area contributed by atoms with E-state index in [2.05, 4.69) is 0 Å². The van der Waals surface area contributed by atoms with E-state index >= 15 is 0 Å². The number of aliphatic hydroxyl groups excluding tert-OH is 1. The number of nitrogens with zero attached hydrogens (tertiary/aromatic N) is 1. The first kappa shape index (κ1) is 14.3. The van der Waals surface area contributed by atoms with Crippen molar-refractivity contribution in [2.75, 3.05) is 13.2 Å². The van der Waals surface area contributed by atoms with Gasteiger partial charge in [0.15, 0.2) is 0 Å². The molecular formula is C15H18N2O3. The first-order valence-corrected chi connectivity index (χ1v) is 6.61. The Labute approximate surface area is 117 Å². The molecule has 1 saturated heterocycles. The van der Waals surface area contributed by atoms with E-state index in [9.17, 15) is 14.7 Å². The van der Waals surface area contributed by atoms with Gasteiger partial charge in [-0.25, -0.2) is 0 Å². The van der Waals surface area contributed by atoms with Crippen molar-refractivity contribution in [2.45, 2.75) is 18.9 Å². The molecule has 1 aliphatic rings. The van der Waals surface area contributed by atoms with E-state index in [1.807, 2.05) is 0 Å². The van der Waals surface area contributed by atoms with E-state index < -0.39 is 5.91 Å². The van der Waals surface area contributed by atoms with Crippen molar-refractivity contribution in [1.29, 1.82) is 0 Å². The zero-order valence-electron chi connectivity index (χ0n) is 11.2. The van der Waals surface area contributed by atoms with E-state index in [0.717, 1.165) is 18.4 Å². The predicted molar refractivity (Wildman–Crippen MR) is 75.8 cm³/mol. The number of aliphatic hydroxyl groups is 1. The third kappa shape index (κ3) is 3.24. The summed E-state index contributed by atoms with van der Waals surface area (Å²) in [5.41, 5.74) is 6.42. The molecular weight excluding hydrogens is 256 g/mol. The molecule has 0 aliphatic carbocycles. The fourth-order valence-electron chi connectivity index (χ4n) is 2.34. The average molecular weight is 274 g/mol. The maximum absolute atomic E-state index is 12.0. The van der Waals surface area contributed by atoms with Gasteiger partial charge in [-0.2, -0.15) is 0 Å². The second-order valence-electron chi connectivity index (χ2n) is 4.83. The molecule has 1 aromatic carbocycles. The molecule has 1 aliphatic heterocycles. The van der Waals surface area contributed by atoms with E-state index in [-0.39, 0.29) is 18.6 Å². The van der Waals surface area contributed by atoms with Gasteiger partial charge in [-0.15, -0.1) is 0 Å². The lowest BCUT2D eigenvalue weighted by Crippen LogP contribution is -2.36. The smallest absolute Gasteiger partial charge is 0.248 e. The highest BCUT2D eigenvalue weighted by Crippen LogP contribution is 2.17. The Bertz CT molecular complexity index is 522. The zero-order valence-corrected chi connectivity index (χ0v) is 11.2. The molecule has 1 heterocycles. The highest BCUT2D eigenvalue weighted by atomic mass is 16.3. The predicted octanol–water partition coefficient (Wildman–Crippen LogP) is 0.782. The first-order chi connectivity index (χ1) is 9.61. The molecule has 0 aromatic heterocycles. The number of likely N-dealkylation sites (tertiary alicyclic amines) is 1. The summed E-state index contributed by atoms with van der Waals surface area (Å²) in [4.78, 5) is 24.6. The third-order valence-electron chi connectivity index (χ3n) is 3.48. The monoisotopic (exact) mass is 274 g/mol. The van der Waals surface area contributed by atoms with Crippen LogP contribution in [0.25, 0.3) is 6.08 Å². The summed E-state index contributed by atoms with van der Waals surface area (Å²) in [6.45, 7) is 0.696. The van der Waals surface area contributed by atoms with Crippen LogP contribution < -0.4 is 5.73 Å².